The van der Waals surface area contributed by atoms with Gasteiger partial charge in [-0.05, 0) is 31.9 Å². The Morgan fingerprint density at radius 2 is 1.85 bits per heavy atom. The first-order valence-corrected chi connectivity index (χ1v) is 9.61. The molecule has 1 aromatic carbocycles. The van der Waals surface area contributed by atoms with Crippen LogP contribution in [0.2, 0.25) is 0 Å². The fraction of sp³-hybridized carbons (Fsp3) is 0.600. The molecule has 1 N–H and O–H groups in total. The van der Waals surface area contributed by atoms with Crippen molar-refractivity contribution >= 4 is 11.8 Å². The average molecular weight is 359 g/mol. The number of nitrogens with one attached hydrogen (secondary N) is 1. The van der Waals surface area contributed by atoms with Gasteiger partial charge in [0.25, 0.3) is 0 Å². The topological polar surface area (TPSA) is 61.9 Å². The number of para-hydroxylation sites is 1. The van der Waals surface area contributed by atoms with Crippen molar-refractivity contribution in [3.63, 3.8) is 0 Å². The van der Waals surface area contributed by atoms with Gasteiger partial charge >= 0.3 is 0 Å². The highest BCUT2D eigenvalue weighted by atomic mass is 16.5. The molecule has 2 fully saturated rings. The molecule has 0 aromatic heterocycles. The molecule has 1 unspecified atom stereocenters. The van der Waals surface area contributed by atoms with Gasteiger partial charge in [-0.25, -0.2) is 0 Å². The molecule has 2 aliphatic rings. The van der Waals surface area contributed by atoms with Crippen LogP contribution in [0.1, 0.15) is 26.2 Å². The van der Waals surface area contributed by atoms with E-state index < -0.39 is 0 Å². The van der Waals surface area contributed by atoms with E-state index in [0.29, 0.717) is 32.2 Å². The molecule has 142 valence electrons. The molecule has 2 heterocycles. The molecule has 0 saturated carbocycles. The van der Waals surface area contributed by atoms with Gasteiger partial charge in [0, 0.05) is 44.7 Å². The first-order valence-electron chi connectivity index (χ1n) is 9.61. The Balaban J connectivity index is 1.38. The van der Waals surface area contributed by atoms with E-state index in [-0.39, 0.29) is 17.7 Å². The third-order valence-corrected chi connectivity index (χ3v) is 5.21. The average Bonchev–Trinajstić information content (AvgIpc) is 2.68. The van der Waals surface area contributed by atoms with Crippen molar-refractivity contribution in [2.75, 3.05) is 39.3 Å². The van der Waals surface area contributed by atoms with Crippen LogP contribution in [0.3, 0.4) is 0 Å². The van der Waals surface area contributed by atoms with Gasteiger partial charge in [-0.2, -0.15) is 0 Å². The number of carbonyl (C=O) groups excluding carboxylic acids is 2. The number of ether oxygens (including phenoxy) is 1. The maximum Gasteiger partial charge on any atom is 0.225 e. The fourth-order valence-corrected chi connectivity index (χ4v) is 3.70. The standard InChI is InChI=1S/C20H29N3O3/c1-16-15-23(13-10-21-16)20(25)17-7-11-22(12-8-17)19(24)9-14-26-18-5-3-2-4-6-18/h2-6,16-17,21H,7-15H2,1H3. The van der Waals surface area contributed by atoms with Crippen molar-refractivity contribution in [3.05, 3.63) is 30.3 Å². The smallest absolute Gasteiger partial charge is 0.225 e. The molecule has 26 heavy (non-hydrogen) atoms. The molecule has 6 nitrogen and oxygen atoms in total. The van der Waals surface area contributed by atoms with Gasteiger partial charge in [-0.15, -0.1) is 0 Å². The van der Waals surface area contributed by atoms with E-state index in [2.05, 4.69) is 12.2 Å². The second kappa shape index (κ2) is 9.03. The molecule has 2 aliphatic heterocycles. The quantitative estimate of drug-likeness (QED) is 0.866. The van der Waals surface area contributed by atoms with Gasteiger partial charge in [0.05, 0.1) is 13.0 Å². The summed E-state index contributed by atoms with van der Waals surface area (Å²) in [7, 11) is 0. The second-order valence-corrected chi connectivity index (χ2v) is 7.21. The zero-order valence-corrected chi connectivity index (χ0v) is 15.5. The van der Waals surface area contributed by atoms with Crippen molar-refractivity contribution in [2.45, 2.75) is 32.2 Å². The van der Waals surface area contributed by atoms with Crippen LogP contribution in [0, 0.1) is 5.92 Å². The molecule has 2 saturated heterocycles. The normalized spacial score (nSPS) is 21.5. The van der Waals surface area contributed by atoms with E-state index in [1.807, 2.05) is 40.1 Å². The van der Waals surface area contributed by atoms with Gasteiger partial charge in [-0.1, -0.05) is 18.2 Å². The third-order valence-electron chi connectivity index (χ3n) is 5.21. The number of rotatable bonds is 5. The predicted molar refractivity (Wildman–Crippen MR) is 99.9 cm³/mol. The summed E-state index contributed by atoms with van der Waals surface area (Å²) in [5, 5.41) is 3.36. The summed E-state index contributed by atoms with van der Waals surface area (Å²) < 4.78 is 5.60. The molecular weight excluding hydrogens is 330 g/mol. The minimum absolute atomic E-state index is 0.0601. The number of piperidine rings is 1. The summed E-state index contributed by atoms with van der Waals surface area (Å²) in [6.45, 7) is 6.28. The monoisotopic (exact) mass is 359 g/mol. The highest BCUT2D eigenvalue weighted by Crippen LogP contribution is 2.21. The molecule has 0 bridgehead atoms. The van der Waals surface area contributed by atoms with E-state index in [4.69, 9.17) is 4.74 Å². The van der Waals surface area contributed by atoms with E-state index in [9.17, 15) is 9.59 Å². The van der Waals surface area contributed by atoms with Crippen molar-refractivity contribution < 1.29 is 14.3 Å². The SMILES string of the molecule is CC1CN(C(=O)C2CCN(C(=O)CCOc3ccccc3)CC2)CCN1. The van der Waals surface area contributed by atoms with Gasteiger partial charge in [-0.3, -0.25) is 9.59 Å². The summed E-state index contributed by atoms with van der Waals surface area (Å²) in [5.41, 5.74) is 0. The lowest BCUT2D eigenvalue weighted by atomic mass is 9.94. The molecule has 0 aliphatic carbocycles. The summed E-state index contributed by atoms with van der Waals surface area (Å²) >= 11 is 0. The number of amides is 2. The van der Waals surface area contributed by atoms with Gasteiger partial charge < -0.3 is 19.9 Å². The summed E-state index contributed by atoms with van der Waals surface area (Å²) in [6.07, 6.45) is 1.91. The number of carbonyl (C=O) groups is 2. The highest BCUT2D eigenvalue weighted by Gasteiger charge is 2.31. The lowest BCUT2D eigenvalue weighted by molar-refractivity contribution is -0.141. The Morgan fingerprint density at radius 3 is 2.54 bits per heavy atom. The van der Waals surface area contributed by atoms with Crippen LogP contribution >= 0.6 is 0 Å². The molecule has 1 atom stereocenters. The summed E-state index contributed by atoms with van der Waals surface area (Å²) in [6, 6.07) is 9.90. The lowest BCUT2D eigenvalue weighted by Gasteiger charge is -2.37. The van der Waals surface area contributed by atoms with E-state index in [1.165, 1.54) is 0 Å². The third kappa shape index (κ3) is 4.97. The number of hydrogen-bond acceptors (Lipinski definition) is 4. The number of likely N-dealkylation sites (tertiary alicyclic amines) is 1. The zero-order valence-electron chi connectivity index (χ0n) is 15.5. The van der Waals surface area contributed by atoms with Gasteiger partial charge in [0.15, 0.2) is 0 Å². The molecule has 0 spiro atoms. The minimum atomic E-state index is 0.0601. The van der Waals surface area contributed by atoms with Gasteiger partial charge in [0.1, 0.15) is 5.75 Å². The Morgan fingerprint density at radius 1 is 1.12 bits per heavy atom. The van der Waals surface area contributed by atoms with Crippen LogP contribution in [0.15, 0.2) is 30.3 Å². The number of piperazine rings is 1. The summed E-state index contributed by atoms with van der Waals surface area (Å²) in [4.78, 5) is 28.9. The Bertz CT molecular complexity index is 600. The zero-order chi connectivity index (χ0) is 18.4. The Labute approximate surface area is 155 Å². The van der Waals surface area contributed by atoms with Crippen LogP contribution < -0.4 is 10.1 Å². The Kier molecular flexibility index (Phi) is 6.50. The molecule has 2 amide bonds. The number of hydrogen-bond donors (Lipinski definition) is 1. The lowest BCUT2D eigenvalue weighted by Crippen LogP contribution is -2.54. The van der Waals surface area contributed by atoms with Crippen molar-refractivity contribution in [1.29, 1.82) is 0 Å². The first kappa shape index (κ1) is 18.7. The van der Waals surface area contributed by atoms with E-state index >= 15 is 0 Å². The highest BCUT2D eigenvalue weighted by molar-refractivity contribution is 5.80. The van der Waals surface area contributed by atoms with Crippen LogP contribution in [0.4, 0.5) is 0 Å². The predicted octanol–water partition coefficient (Wildman–Crippen LogP) is 1.51. The largest absolute Gasteiger partial charge is 0.493 e. The van der Waals surface area contributed by atoms with Crippen LogP contribution in [-0.2, 0) is 9.59 Å². The van der Waals surface area contributed by atoms with E-state index in [1.54, 1.807) is 0 Å². The van der Waals surface area contributed by atoms with E-state index in [0.717, 1.165) is 38.2 Å². The maximum absolute atomic E-state index is 12.7. The molecule has 1 aromatic rings. The Hall–Kier alpha value is -2.08. The van der Waals surface area contributed by atoms with Crippen LogP contribution in [-0.4, -0.2) is 67.0 Å². The minimum Gasteiger partial charge on any atom is -0.493 e. The second-order valence-electron chi connectivity index (χ2n) is 7.21. The number of nitrogens with zero attached hydrogens (tertiary/aromatic N) is 2. The molecular formula is C20H29N3O3. The maximum atomic E-state index is 12.7. The molecule has 6 heteroatoms. The summed E-state index contributed by atoms with van der Waals surface area (Å²) in [5.74, 6) is 1.22. The number of benzene rings is 1. The van der Waals surface area contributed by atoms with Crippen molar-refractivity contribution in [2.24, 2.45) is 5.92 Å². The van der Waals surface area contributed by atoms with Crippen LogP contribution in [0.25, 0.3) is 0 Å². The van der Waals surface area contributed by atoms with Crippen molar-refractivity contribution in [3.8, 4) is 5.75 Å². The fourth-order valence-electron chi connectivity index (χ4n) is 3.70. The van der Waals surface area contributed by atoms with Crippen molar-refractivity contribution in [1.82, 2.24) is 15.1 Å². The first-order chi connectivity index (χ1) is 12.6. The molecule has 3 rings (SSSR count). The van der Waals surface area contributed by atoms with Crippen LogP contribution in [0.5, 0.6) is 5.75 Å². The molecule has 0 radical (unpaired) electrons. The van der Waals surface area contributed by atoms with Gasteiger partial charge in [0.2, 0.25) is 11.8 Å².